The van der Waals surface area contributed by atoms with E-state index in [4.69, 9.17) is 0 Å². The lowest BCUT2D eigenvalue weighted by molar-refractivity contribution is -0.115. The summed E-state index contributed by atoms with van der Waals surface area (Å²) in [7, 11) is 0. The number of hydrogen-bond donors (Lipinski definition) is 0. The molecule has 1 heterocycles. The minimum atomic E-state index is -0.239. The van der Waals surface area contributed by atoms with Gasteiger partial charge >= 0.3 is 0 Å². The van der Waals surface area contributed by atoms with Crippen molar-refractivity contribution in [1.29, 1.82) is 0 Å². The average Bonchev–Trinajstić information content (AvgIpc) is 3.46. The first-order valence-corrected chi connectivity index (χ1v) is 14.5. The van der Waals surface area contributed by atoms with Gasteiger partial charge in [-0.15, -0.1) is 0 Å². The van der Waals surface area contributed by atoms with Crippen molar-refractivity contribution in [3.8, 4) is 16.8 Å². The molecule has 42 heavy (non-hydrogen) atoms. The Morgan fingerprint density at radius 1 is 0.619 bits per heavy atom. The highest BCUT2D eigenvalue weighted by molar-refractivity contribution is 6.10. The van der Waals surface area contributed by atoms with Crippen LogP contribution >= 0.6 is 0 Å². The van der Waals surface area contributed by atoms with Crippen molar-refractivity contribution in [2.45, 2.75) is 26.2 Å². The molecule has 0 radical (unpaired) electrons. The Labute approximate surface area is 245 Å². The number of benzene rings is 6. The molecule has 0 fully saturated rings. The van der Waals surface area contributed by atoms with E-state index in [1.54, 1.807) is 6.92 Å². The van der Waals surface area contributed by atoms with Crippen molar-refractivity contribution in [1.82, 2.24) is 4.57 Å². The molecule has 6 aromatic carbocycles. The van der Waals surface area contributed by atoms with Crippen molar-refractivity contribution in [3.05, 3.63) is 139 Å². The van der Waals surface area contributed by atoms with Gasteiger partial charge in [-0.2, -0.15) is 0 Å². The van der Waals surface area contributed by atoms with Crippen LogP contribution in [0.4, 0.5) is 11.4 Å². The molecule has 0 unspecified atom stereocenters. The second kappa shape index (κ2) is 8.92. The van der Waals surface area contributed by atoms with Gasteiger partial charge in [0.05, 0.1) is 16.7 Å². The summed E-state index contributed by atoms with van der Waals surface area (Å²) in [6.07, 6.45) is 0. The fourth-order valence-electron chi connectivity index (χ4n) is 7.09. The minimum absolute atomic E-state index is 0.00623. The average molecular weight is 543 g/mol. The molecule has 7 aromatic rings. The fraction of sp³-hybridized carbons (Fsp3) is 0.103. The van der Waals surface area contributed by atoms with Gasteiger partial charge in [0.2, 0.25) is 5.91 Å². The van der Waals surface area contributed by atoms with E-state index in [-0.39, 0.29) is 11.3 Å². The molecule has 1 aliphatic rings. The van der Waals surface area contributed by atoms with Crippen LogP contribution in [-0.2, 0) is 10.2 Å². The summed E-state index contributed by atoms with van der Waals surface area (Å²) in [6, 6.07) is 45.1. The lowest BCUT2D eigenvalue weighted by Gasteiger charge is -2.26. The highest BCUT2D eigenvalue weighted by Gasteiger charge is 2.36. The maximum atomic E-state index is 13.2. The van der Waals surface area contributed by atoms with Crippen molar-refractivity contribution in [3.63, 3.8) is 0 Å². The number of rotatable bonds is 3. The van der Waals surface area contributed by atoms with Crippen molar-refractivity contribution < 1.29 is 4.79 Å². The molecule has 1 amide bonds. The second-order valence-corrected chi connectivity index (χ2v) is 11.8. The Bertz CT molecular complexity index is 2160. The molecule has 0 N–H and O–H groups in total. The van der Waals surface area contributed by atoms with Crippen LogP contribution in [0.15, 0.2) is 127 Å². The van der Waals surface area contributed by atoms with Gasteiger partial charge in [-0.1, -0.05) is 98.8 Å². The molecule has 0 spiro atoms. The van der Waals surface area contributed by atoms with E-state index in [9.17, 15) is 4.79 Å². The highest BCUT2D eigenvalue weighted by Crippen LogP contribution is 2.51. The minimum Gasteiger partial charge on any atom is -0.309 e. The predicted molar refractivity (Wildman–Crippen MR) is 175 cm³/mol. The third-order valence-electron chi connectivity index (χ3n) is 9.06. The molecule has 3 heteroatoms. The van der Waals surface area contributed by atoms with Crippen LogP contribution < -0.4 is 4.90 Å². The Kier molecular flexibility index (Phi) is 5.23. The van der Waals surface area contributed by atoms with E-state index in [1.165, 1.54) is 44.1 Å². The standard InChI is InChI=1S/C39H30N2O/c1-25(42)40(36-18-10-12-26-11-4-5-13-29(26)36)27-19-21-30-31-22-20-28(24-35(31)39(2,3)34(30)23-27)41-37-16-8-6-14-32(37)33-15-7-9-17-38(33)41/h4-24H,1-3H3. The summed E-state index contributed by atoms with van der Waals surface area (Å²) in [5, 5.41) is 4.71. The molecule has 1 aromatic heterocycles. The van der Waals surface area contributed by atoms with Crippen LogP contribution in [0.2, 0.25) is 0 Å². The number of carbonyl (C=O) groups excluding carboxylic acids is 1. The van der Waals surface area contributed by atoms with Crippen molar-refractivity contribution in [2.75, 3.05) is 4.90 Å². The normalized spacial score (nSPS) is 13.4. The number of amides is 1. The number of para-hydroxylation sites is 2. The molecule has 0 bridgehead atoms. The zero-order valence-electron chi connectivity index (χ0n) is 23.9. The van der Waals surface area contributed by atoms with E-state index < -0.39 is 0 Å². The highest BCUT2D eigenvalue weighted by atomic mass is 16.2. The van der Waals surface area contributed by atoms with Gasteiger partial charge in [-0.25, -0.2) is 0 Å². The van der Waals surface area contributed by atoms with Crippen LogP contribution in [0.5, 0.6) is 0 Å². The monoisotopic (exact) mass is 542 g/mol. The Morgan fingerprint density at radius 3 is 1.88 bits per heavy atom. The lowest BCUT2D eigenvalue weighted by atomic mass is 9.82. The molecule has 3 nitrogen and oxygen atoms in total. The molecule has 202 valence electrons. The largest absolute Gasteiger partial charge is 0.309 e. The predicted octanol–water partition coefficient (Wildman–Crippen LogP) is 9.93. The quantitative estimate of drug-likeness (QED) is 0.218. The van der Waals surface area contributed by atoms with Crippen LogP contribution in [0.3, 0.4) is 0 Å². The second-order valence-electron chi connectivity index (χ2n) is 11.8. The molecular weight excluding hydrogens is 512 g/mol. The third-order valence-corrected chi connectivity index (χ3v) is 9.06. The van der Waals surface area contributed by atoms with E-state index in [0.29, 0.717) is 0 Å². The van der Waals surface area contributed by atoms with Crippen LogP contribution in [0.25, 0.3) is 49.4 Å². The van der Waals surface area contributed by atoms with Crippen molar-refractivity contribution in [2.24, 2.45) is 0 Å². The number of fused-ring (bicyclic) bond motifs is 7. The Balaban J connectivity index is 1.28. The first-order valence-electron chi connectivity index (χ1n) is 14.5. The molecule has 0 saturated heterocycles. The molecular formula is C39H30N2O. The third kappa shape index (κ3) is 3.43. The van der Waals surface area contributed by atoms with Gasteiger partial charge in [0.1, 0.15) is 0 Å². The first-order chi connectivity index (χ1) is 20.4. The summed E-state index contributed by atoms with van der Waals surface area (Å²) in [5.41, 5.74) is 10.2. The zero-order chi connectivity index (χ0) is 28.6. The van der Waals surface area contributed by atoms with Crippen LogP contribution in [0.1, 0.15) is 31.9 Å². The number of nitrogens with zero attached hydrogens (tertiary/aromatic N) is 2. The number of anilines is 2. The van der Waals surface area contributed by atoms with Gasteiger partial charge < -0.3 is 4.57 Å². The number of carbonyl (C=O) groups is 1. The van der Waals surface area contributed by atoms with Gasteiger partial charge in [0, 0.05) is 39.9 Å². The van der Waals surface area contributed by atoms with Gasteiger partial charge in [0.25, 0.3) is 0 Å². The van der Waals surface area contributed by atoms with E-state index in [0.717, 1.165) is 27.8 Å². The SMILES string of the molecule is CC(=O)N(c1ccc2c(c1)C(C)(C)c1cc(-n3c4ccccc4c4ccccc43)ccc1-2)c1cccc2ccccc12. The lowest BCUT2D eigenvalue weighted by Crippen LogP contribution is -2.24. The number of hydrogen-bond acceptors (Lipinski definition) is 1. The summed E-state index contributed by atoms with van der Waals surface area (Å²) in [5.74, 6) is -0.00623. The van der Waals surface area contributed by atoms with Crippen molar-refractivity contribution >= 4 is 49.9 Å². The maximum absolute atomic E-state index is 13.2. The zero-order valence-corrected chi connectivity index (χ0v) is 23.9. The van der Waals surface area contributed by atoms with Crippen LogP contribution in [-0.4, -0.2) is 10.5 Å². The molecule has 0 aliphatic heterocycles. The summed E-state index contributed by atoms with van der Waals surface area (Å²) in [4.78, 5) is 15.0. The van der Waals surface area contributed by atoms with Crippen LogP contribution in [0, 0.1) is 0 Å². The first kappa shape index (κ1) is 24.6. The topological polar surface area (TPSA) is 25.2 Å². The van der Waals surface area contributed by atoms with E-state index in [1.807, 2.05) is 29.2 Å². The molecule has 0 atom stereocenters. The van der Waals surface area contributed by atoms with Gasteiger partial charge in [-0.05, 0) is 70.1 Å². The fourth-order valence-corrected chi connectivity index (χ4v) is 7.09. The Hall–Kier alpha value is -5.15. The molecule has 0 saturated carbocycles. The maximum Gasteiger partial charge on any atom is 0.228 e. The van der Waals surface area contributed by atoms with E-state index in [2.05, 4.69) is 122 Å². The van der Waals surface area contributed by atoms with Gasteiger partial charge in [0.15, 0.2) is 0 Å². The Morgan fingerprint density at radius 2 is 1.19 bits per heavy atom. The van der Waals surface area contributed by atoms with Gasteiger partial charge in [-0.3, -0.25) is 9.69 Å². The smallest absolute Gasteiger partial charge is 0.228 e. The number of aromatic nitrogens is 1. The molecule has 8 rings (SSSR count). The summed E-state index contributed by atoms with van der Waals surface area (Å²) in [6.45, 7) is 6.24. The molecule has 1 aliphatic carbocycles. The summed E-state index contributed by atoms with van der Waals surface area (Å²) >= 11 is 0. The van der Waals surface area contributed by atoms with E-state index >= 15 is 0 Å². The summed E-state index contributed by atoms with van der Waals surface area (Å²) < 4.78 is 2.38.